The molecule has 0 amide bonds. The van der Waals surface area contributed by atoms with Gasteiger partial charge < -0.3 is 5.73 Å². The molecular formula is C9H15F3N4. The number of alkyl halides is 3. The summed E-state index contributed by atoms with van der Waals surface area (Å²) >= 11 is 0. The summed E-state index contributed by atoms with van der Waals surface area (Å²) in [6, 6.07) is 0. The largest absolute Gasteiger partial charge is 0.434 e. The van der Waals surface area contributed by atoms with Crippen molar-refractivity contribution in [3.05, 3.63) is 11.4 Å². The van der Waals surface area contributed by atoms with E-state index in [2.05, 4.69) is 10.3 Å². The average Bonchev–Trinajstić information content (AvgIpc) is 2.61. The van der Waals surface area contributed by atoms with Crippen LogP contribution in [0.1, 0.15) is 37.6 Å². The zero-order chi connectivity index (χ0) is 12.2. The van der Waals surface area contributed by atoms with Gasteiger partial charge in [0.05, 0.1) is 0 Å². The molecule has 4 nitrogen and oxygen atoms in total. The van der Waals surface area contributed by atoms with E-state index in [1.54, 1.807) is 0 Å². The van der Waals surface area contributed by atoms with Crippen LogP contribution in [0.2, 0.25) is 0 Å². The summed E-state index contributed by atoms with van der Waals surface area (Å²) < 4.78 is 38.9. The second-order valence-corrected chi connectivity index (χ2v) is 3.52. The molecule has 0 radical (unpaired) electrons. The highest BCUT2D eigenvalue weighted by Crippen LogP contribution is 2.31. The predicted molar refractivity (Wildman–Crippen MR) is 52.4 cm³/mol. The van der Waals surface area contributed by atoms with Crippen LogP contribution in [0.3, 0.4) is 0 Å². The number of nitrogens with two attached hydrogens (primary N) is 1. The van der Waals surface area contributed by atoms with Crippen LogP contribution in [0.15, 0.2) is 0 Å². The lowest BCUT2D eigenvalue weighted by Gasteiger charge is -2.10. The SMILES string of the molecule is CCCCCn1nnc(CN)c1C(F)(F)F. The highest BCUT2D eigenvalue weighted by molar-refractivity contribution is 5.13. The van der Waals surface area contributed by atoms with Gasteiger partial charge in [-0.15, -0.1) is 5.10 Å². The summed E-state index contributed by atoms with van der Waals surface area (Å²) in [6.07, 6.45) is -1.97. The summed E-state index contributed by atoms with van der Waals surface area (Å²) in [5.41, 5.74) is 4.20. The molecule has 0 fully saturated rings. The van der Waals surface area contributed by atoms with Gasteiger partial charge in [0.2, 0.25) is 0 Å². The molecule has 1 rings (SSSR count). The molecular weight excluding hydrogens is 221 g/mol. The topological polar surface area (TPSA) is 56.7 Å². The minimum Gasteiger partial charge on any atom is -0.325 e. The van der Waals surface area contributed by atoms with Gasteiger partial charge in [0.1, 0.15) is 5.69 Å². The van der Waals surface area contributed by atoms with Gasteiger partial charge in [-0.25, -0.2) is 4.68 Å². The smallest absolute Gasteiger partial charge is 0.325 e. The van der Waals surface area contributed by atoms with E-state index in [1.807, 2.05) is 6.92 Å². The molecule has 0 saturated heterocycles. The number of halogens is 3. The third-order valence-corrected chi connectivity index (χ3v) is 2.24. The fourth-order valence-corrected chi connectivity index (χ4v) is 1.46. The standard InChI is InChI=1S/C9H15F3N4/c1-2-3-4-5-16-8(9(10,11)12)7(6-13)14-15-16/h2-6,13H2,1H3. The van der Waals surface area contributed by atoms with Gasteiger partial charge in [0.15, 0.2) is 5.69 Å². The molecule has 0 bridgehead atoms. The molecule has 0 aliphatic rings. The molecule has 0 saturated carbocycles. The maximum absolute atomic E-state index is 12.7. The first-order valence-corrected chi connectivity index (χ1v) is 5.20. The van der Waals surface area contributed by atoms with Gasteiger partial charge in [-0.05, 0) is 6.42 Å². The lowest BCUT2D eigenvalue weighted by atomic mass is 10.2. The van der Waals surface area contributed by atoms with Crippen LogP contribution in [0.5, 0.6) is 0 Å². The molecule has 0 atom stereocenters. The fraction of sp³-hybridized carbons (Fsp3) is 0.778. The third kappa shape index (κ3) is 2.94. The second-order valence-electron chi connectivity index (χ2n) is 3.52. The average molecular weight is 236 g/mol. The summed E-state index contributed by atoms with van der Waals surface area (Å²) in [6.45, 7) is 1.97. The van der Waals surface area contributed by atoms with Crippen LogP contribution in [-0.4, -0.2) is 15.0 Å². The van der Waals surface area contributed by atoms with Crippen LogP contribution in [0, 0.1) is 0 Å². The Morgan fingerprint density at radius 2 is 2.00 bits per heavy atom. The molecule has 16 heavy (non-hydrogen) atoms. The minimum atomic E-state index is -4.44. The van der Waals surface area contributed by atoms with E-state index in [-0.39, 0.29) is 18.8 Å². The maximum Gasteiger partial charge on any atom is 0.434 e. The van der Waals surface area contributed by atoms with Crippen LogP contribution >= 0.6 is 0 Å². The number of hydrogen-bond donors (Lipinski definition) is 1. The van der Waals surface area contributed by atoms with E-state index in [0.717, 1.165) is 17.5 Å². The Morgan fingerprint density at radius 1 is 1.31 bits per heavy atom. The Morgan fingerprint density at radius 3 is 2.50 bits per heavy atom. The van der Waals surface area contributed by atoms with Crippen LogP contribution in [0.4, 0.5) is 13.2 Å². The van der Waals surface area contributed by atoms with Gasteiger partial charge in [0.25, 0.3) is 0 Å². The van der Waals surface area contributed by atoms with Crippen molar-refractivity contribution in [1.29, 1.82) is 0 Å². The monoisotopic (exact) mass is 236 g/mol. The van der Waals surface area contributed by atoms with Crippen molar-refractivity contribution in [2.24, 2.45) is 5.73 Å². The van der Waals surface area contributed by atoms with E-state index in [0.29, 0.717) is 6.42 Å². The summed E-state index contributed by atoms with van der Waals surface area (Å²) in [5, 5.41) is 6.94. The zero-order valence-corrected chi connectivity index (χ0v) is 9.09. The van der Waals surface area contributed by atoms with Crippen molar-refractivity contribution in [3.8, 4) is 0 Å². The van der Waals surface area contributed by atoms with Gasteiger partial charge in [-0.3, -0.25) is 0 Å². The Hall–Kier alpha value is -1.11. The number of aryl methyl sites for hydroxylation is 1. The van der Waals surface area contributed by atoms with E-state index in [9.17, 15) is 13.2 Å². The Kier molecular flexibility index (Phi) is 4.28. The molecule has 0 aliphatic heterocycles. The number of hydrogen-bond acceptors (Lipinski definition) is 3. The quantitative estimate of drug-likeness (QED) is 0.795. The Labute approximate surface area is 91.6 Å². The molecule has 1 aromatic heterocycles. The molecule has 0 aliphatic carbocycles. The molecule has 0 unspecified atom stereocenters. The normalized spacial score (nSPS) is 12.1. The number of rotatable bonds is 5. The summed E-state index contributed by atoms with van der Waals surface area (Å²) in [4.78, 5) is 0. The molecule has 1 aromatic rings. The van der Waals surface area contributed by atoms with Gasteiger partial charge >= 0.3 is 6.18 Å². The van der Waals surface area contributed by atoms with Gasteiger partial charge in [-0.2, -0.15) is 13.2 Å². The number of unbranched alkanes of at least 4 members (excludes halogenated alkanes) is 2. The number of aromatic nitrogens is 3. The first kappa shape index (κ1) is 13.0. The fourth-order valence-electron chi connectivity index (χ4n) is 1.46. The minimum absolute atomic E-state index is 0.191. The van der Waals surface area contributed by atoms with Gasteiger partial charge in [0, 0.05) is 13.1 Å². The Bertz CT molecular complexity index is 332. The van der Waals surface area contributed by atoms with Gasteiger partial charge in [-0.1, -0.05) is 25.0 Å². The van der Waals surface area contributed by atoms with Crippen LogP contribution in [-0.2, 0) is 19.3 Å². The van der Waals surface area contributed by atoms with Crippen molar-refractivity contribution < 1.29 is 13.2 Å². The molecule has 7 heteroatoms. The molecule has 0 spiro atoms. The highest BCUT2D eigenvalue weighted by atomic mass is 19.4. The van der Waals surface area contributed by atoms with E-state index >= 15 is 0 Å². The zero-order valence-electron chi connectivity index (χ0n) is 9.09. The van der Waals surface area contributed by atoms with E-state index in [1.165, 1.54) is 0 Å². The second kappa shape index (κ2) is 5.29. The summed E-state index contributed by atoms with van der Waals surface area (Å²) in [7, 11) is 0. The van der Waals surface area contributed by atoms with Crippen molar-refractivity contribution >= 4 is 0 Å². The van der Waals surface area contributed by atoms with Crippen molar-refractivity contribution in [2.75, 3.05) is 0 Å². The van der Waals surface area contributed by atoms with E-state index in [4.69, 9.17) is 5.73 Å². The first-order chi connectivity index (χ1) is 7.50. The molecule has 1 heterocycles. The lowest BCUT2D eigenvalue weighted by molar-refractivity contribution is -0.144. The highest BCUT2D eigenvalue weighted by Gasteiger charge is 2.38. The maximum atomic E-state index is 12.7. The Balaban J connectivity index is 2.88. The predicted octanol–water partition coefficient (Wildman–Crippen LogP) is 1.95. The van der Waals surface area contributed by atoms with Crippen molar-refractivity contribution in [3.63, 3.8) is 0 Å². The molecule has 2 N–H and O–H groups in total. The van der Waals surface area contributed by atoms with Crippen molar-refractivity contribution in [2.45, 2.75) is 45.5 Å². The lowest BCUT2D eigenvalue weighted by Crippen LogP contribution is -2.18. The van der Waals surface area contributed by atoms with Crippen LogP contribution in [0.25, 0.3) is 0 Å². The molecule has 92 valence electrons. The third-order valence-electron chi connectivity index (χ3n) is 2.24. The number of nitrogens with zero attached hydrogens (tertiary/aromatic N) is 3. The van der Waals surface area contributed by atoms with Crippen LogP contribution < -0.4 is 5.73 Å². The summed E-state index contributed by atoms with van der Waals surface area (Å²) in [5.74, 6) is 0. The molecule has 0 aromatic carbocycles. The first-order valence-electron chi connectivity index (χ1n) is 5.20. The van der Waals surface area contributed by atoms with Crippen molar-refractivity contribution in [1.82, 2.24) is 15.0 Å². The van der Waals surface area contributed by atoms with E-state index < -0.39 is 11.9 Å².